The van der Waals surface area contributed by atoms with Crippen LogP contribution in [0.5, 0.6) is 5.75 Å². The Labute approximate surface area is 127 Å². The summed E-state index contributed by atoms with van der Waals surface area (Å²) in [4.78, 5) is 22.7. The summed E-state index contributed by atoms with van der Waals surface area (Å²) in [5, 5.41) is 10.9. The van der Waals surface area contributed by atoms with Crippen LogP contribution < -0.4 is 10.1 Å². The smallest absolute Gasteiger partial charge is 0.326 e. The Morgan fingerprint density at radius 1 is 1.27 bits per heavy atom. The first-order valence-electron chi connectivity index (χ1n) is 6.84. The van der Waals surface area contributed by atoms with Crippen LogP contribution in [0.2, 0.25) is 0 Å². The molecule has 7 heteroatoms. The average molecular weight is 315 g/mol. The first-order valence-corrected chi connectivity index (χ1v) is 6.84. The number of nitrogens with one attached hydrogen (secondary N) is 1. The molecular formula is C15H19F2NO4. The van der Waals surface area contributed by atoms with E-state index < -0.39 is 30.8 Å². The van der Waals surface area contributed by atoms with Gasteiger partial charge in [-0.3, -0.25) is 4.79 Å². The molecule has 1 amide bonds. The lowest BCUT2D eigenvalue weighted by Gasteiger charge is -2.16. The van der Waals surface area contributed by atoms with Gasteiger partial charge in [-0.2, -0.15) is 0 Å². The van der Waals surface area contributed by atoms with Gasteiger partial charge < -0.3 is 15.2 Å². The Kier molecular flexibility index (Phi) is 6.75. The van der Waals surface area contributed by atoms with Crippen LogP contribution in [0.3, 0.4) is 0 Å². The first-order chi connectivity index (χ1) is 10.3. The van der Waals surface area contributed by atoms with Gasteiger partial charge in [-0.15, -0.1) is 0 Å². The van der Waals surface area contributed by atoms with Gasteiger partial charge in [0.15, 0.2) is 0 Å². The summed E-state index contributed by atoms with van der Waals surface area (Å²) in [5.41, 5.74) is 0.565. The quantitative estimate of drug-likeness (QED) is 0.771. The zero-order chi connectivity index (χ0) is 16.7. The molecule has 1 aromatic carbocycles. The van der Waals surface area contributed by atoms with Crippen molar-refractivity contribution in [3.05, 3.63) is 29.8 Å². The zero-order valence-electron chi connectivity index (χ0n) is 12.4. The Morgan fingerprint density at radius 3 is 2.45 bits per heavy atom. The van der Waals surface area contributed by atoms with E-state index in [1.165, 1.54) is 0 Å². The number of carboxylic acids is 1. The number of ether oxygens (including phenoxy) is 1. The van der Waals surface area contributed by atoms with Crippen molar-refractivity contribution < 1.29 is 28.2 Å². The second-order valence-electron chi connectivity index (χ2n) is 5.04. The minimum atomic E-state index is -2.81. The van der Waals surface area contributed by atoms with E-state index in [0.717, 1.165) is 0 Å². The van der Waals surface area contributed by atoms with Crippen molar-refractivity contribution in [3.63, 3.8) is 0 Å². The number of carboxylic acid groups (broad SMARTS) is 1. The lowest BCUT2D eigenvalue weighted by Crippen LogP contribution is -2.42. The van der Waals surface area contributed by atoms with Crippen molar-refractivity contribution in [1.29, 1.82) is 0 Å². The third-order valence-corrected chi connectivity index (χ3v) is 2.73. The van der Waals surface area contributed by atoms with Crippen molar-refractivity contribution in [1.82, 2.24) is 5.32 Å². The van der Waals surface area contributed by atoms with Crippen LogP contribution in [-0.4, -0.2) is 35.6 Å². The molecule has 0 radical (unpaired) electrons. The molecule has 122 valence electrons. The summed E-state index contributed by atoms with van der Waals surface area (Å²) >= 11 is 0. The average Bonchev–Trinajstić information content (AvgIpc) is 2.39. The molecule has 0 aliphatic heterocycles. The van der Waals surface area contributed by atoms with Crippen molar-refractivity contribution >= 4 is 11.9 Å². The molecule has 5 nitrogen and oxygen atoms in total. The highest BCUT2D eigenvalue weighted by Gasteiger charge is 2.24. The van der Waals surface area contributed by atoms with Crippen molar-refractivity contribution in [3.8, 4) is 5.75 Å². The fourth-order valence-electron chi connectivity index (χ4n) is 1.84. The molecule has 0 aliphatic carbocycles. The number of carbonyl (C=O) groups excluding carboxylic acids is 1. The van der Waals surface area contributed by atoms with Crippen LogP contribution in [-0.2, 0) is 16.0 Å². The van der Waals surface area contributed by atoms with Gasteiger partial charge in [0.25, 0.3) is 0 Å². The minimum absolute atomic E-state index is 0.0881. The fraction of sp³-hybridized carbons (Fsp3) is 0.467. The maximum absolute atomic E-state index is 12.3. The van der Waals surface area contributed by atoms with Gasteiger partial charge in [0.05, 0.1) is 12.5 Å². The second-order valence-corrected chi connectivity index (χ2v) is 5.04. The fourth-order valence-corrected chi connectivity index (χ4v) is 1.84. The normalized spacial score (nSPS) is 12.3. The van der Waals surface area contributed by atoms with E-state index in [-0.39, 0.29) is 12.5 Å². The third kappa shape index (κ3) is 6.07. The number of carbonyl (C=O) groups is 2. The maximum Gasteiger partial charge on any atom is 0.326 e. The summed E-state index contributed by atoms with van der Waals surface area (Å²) in [6.45, 7) is 3.67. The standard InChI is InChI=1S/C15H19F2NO4/c1-9(2)22-12-6-4-3-5-10(12)7-14(19)18-11(15(20)21)8-13(16)17/h3-6,9,11,13H,7-8H2,1-2H3,(H,18,19)(H,20,21). The van der Waals surface area contributed by atoms with E-state index >= 15 is 0 Å². The molecule has 0 saturated heterocycles. The minimum Gasteiger partial charge on any atom is -0.491 e. The lowest BCUT2D eigenvalue weighted by atomic mass is 10.1. The van der Waals surface area contributed by atoms with Crippen LogP contribution in [0.25, 0.3) is 0 Å². The van der Waals surface area contributed by atoms with E-state index in [9.17, 15) is 18.4 Å². The van der Waals surface area contributed by atoms with E-state index in [1.807, 2.05) is 13.8 Å². The maximum atomic E-state index is 12.3. The van der Waals surface area contributed by atoms with Gasteiger partial charge in [0.1, 0.15) is 11.8 Å². The Morgan fingerprint density at radius 2 is 1.91 bits per heavy atom. The Hall–Kier alpha value is -2.18. The molecule has 0 aliphatic rings. The third-order valence-electron chi connectivity index (χ3n) is 2.73. The van der Waals surface area contributed by atoms with Gasteiger partial charge >= 0.3 is 5.97 Å². The Bertz CT molecular complexity index is 520. The van der Waals surface area contributed by atoms with E-state index in [2.05, 4.69) is 5.32 Å². The number of amides is 1. The van der Waals surface area contributed by atoms with Crippen molar-refractivity contribution in [2.75, 3.05) is 0 Å². The highest BCUT2D eigenvalue weighted by molar-refractivity contribution is 5.85. The van der Waals surface area contributed by atoms with Gasteiger partial charge in [0, 0.05) is 12.0 Å². The molecule has 1 rings (SSSR count). The molecule has 0 aromatic heterocycles. The van der Waals surface area contributed by atoms with E-state index in [0.29, 0.717) is 11.3 Å². The van der Waals surface area contributed by atoms with Gasteiger partial charge in [0.2, 0.25) is 12.3 Å². The molecule has 2 N–H and O–H groups in total. The monoisotopic (exact) mass is 315 g/mol. The molecular weight excluding hydrogens is 296 g/mol. The van der Waals surface area contributed by atoms with Crippen molar-refractivity contribution in [2.24, 2.45) is 0 Å². The molecule has 0 fully saturated rings. The summed E-state index contributed by atoms with van der Waals surface area (Å²) in [7, 11) is 0. The lowest BCUT2D eigenvalue weighted by molar-refractivity contribution is -0.142. The number of benzene rings is 1. The Balaban J connectivity index is 2.73. The molecule has 0 heterocycles. The van der Waals surface area contributed by atoms with Gasteiger partial charge in [-0.05, 0) is 19.9 Å². The van der Waals surface area contributed by atoms with Crippen LogP contribution >= 0.6 is 0 Å². The van der Waals surface area contributed by atoms with Crippen molar-refractivity contribution in [2.45, 2.75) is 45.3 Å². The van der Waals surface area contributed by atoms with Crippen LogP contribution in [0.1, 0.15) is 25.8 Å². The SMILES string of the molecule is CC(C)Oc1ccccc1CC(=O)NC(CC(F)F)C(=O)O. The zero-order valence-corrected chi connectivity index (χ0v) is 12.4. The number of aliphatic carboxylic acids is 1. The van der Waals surface area contributed by atoms with E-state index in [1.54, 1.807) is 24.3 Å². The number of halogens is 2. The van der Waals surface area contributed by atoms with Crippen LogP contribution in [0.4, 0.5) is 8.78 Å². The highest BCUT2D eigenvalue weighted by Crippen LogP contribution is 2.20. The van der Waals surface area contributed by atoms with Gasteiger partial charge in [-0.25, -0.2) is 13.6 Å². The topological polar surface area (TPSA) is 75.6 Å². The predicted octanol–water partition coefficient (Wildman–Crippen LogP) is 2.24. The molecule has 0 saturated carbocycles. The first kappa shape index (κ1) is 17.9. The van der Waals surface area contributed by atoms with Crippen LogP contribution in [0, 0.1) is 0 Å². The second kappa shape index (κ2) is 8.31. The summed E-state index contributed by atoms with van der Waals surface area (Å²) in [5.74, 6) is -1.62. The summed E-state index contributed by atoms with van der Waals surface area (Å²) < 4.78 is 30.1. The molecule has 0 bridgehead atoms. The molecule has 22 heavy (non-hydrogen) atoms. The molecule has 1 unspecified atom stereocenters. The molecule has 1 atom stereocenters. The summed E-state index contributed by atoms with van der Waals surface area (Å²) in [6.07, 6.45) is -3.96. The largest absolute Gasteiger partial charge is 0.491 e. The summed E-state index contributed by atoms with van der Waals surface area (Å²) in [6, 6.07) is 5.21. The predicted molar refractivity (Wildman–Crippen MR) is 76.1 cm³/mol. The molecule has 1 aromatic rings. The number of alkyl halides is 2. The molecule has 0 spiro atoms. The number of para-hydroxylation sites is 1. The van der Waals surface area contributed by atoms with E-state index in [4.69, 9.17) is 9.84 Å². The van der Waals surface area contributed by atoms with Gasteiger partial charge in [-0.1, -0.05) is 18.2 Å². The van der Waals surface area contributed by atoms with Crippen LogP contribution in [0.15, 0.2) is 24.3 Å². The number of hydrogen-bond acceptors (Lipinski definition) is 3. The highest BCUT2D eigenvalue weighted by atomic mass is 19.3. The number of rotatable bonds is 8. The number of hydrogen-bond donors (Lipinski definition) is 2.